The molecule has 114 valence electrons. The molecular formula is C17H30N2O. The second-order valence-electron chi connectivity index (χ2n) is 8.05. The molecule has 3 unspecified atom stereocenters. The zero-order valence-electron chi connectivity index (χ0n) is 13.1. The molecule has 0 spiro atoms. The first kappa shape index (κ1) is 14.4. The Balaban J connectivity index is 1.48. The van der Waals surface area contributed by atoms with E-state index in [2.05, 4.69) is 24.5 Å². The summed E-state index contributed by atoms with van der Waals surface area (Å²) in [6, 6.07) is 1.11. The summed E-state index contributed by atoms with van der Waals surface area (Å²) in [6.45, 7) is 4.68. The van der Waals surface area contributed by atoms with Crippen molar-refractivity contribution >= 4 is 5.91 Å². The Labute approximate surface area is 123 Å². The first-order valence-electron chi connectivity index (χ1n) is 8.60. The third-order valence-corrected chi connectivity index (χ3v) is 5.86. The number of hydrogen-bond donors (Lipinski definition) is 2. The Morgan fingerprint density at radius 2 is 1.80 bits per heavy atom. The minimum absolute atomic E-state index is 0.0815. The van der Waals surface area contributed by atoms with E-state index in [1.807, 2.05) is 0 Å². The lowest BCUT2D eigenvalue weighted by molar-refractivity contribution is -0.124. The molecular weight excluding hydrogens is 248 g/mol. The van der Waals surface area contributed by atoms with Crippen molar-refractivity contribution in [1.29, 1.82) is 0 Å². The van der Waals surface area contributed by atoms with Crippen molar-refractivity contribution in [2.24, 2.45) is 11.3 Å². The Morgan fingerprint density at radius 3 is 2.50 bits per heavy atom. The lowest BCUT2D eigenvalue weighted by Crippen LogP contribution is -2.48. The van der Waals surface area contributed by atoms with E-state index in [0.29, 0.717) is 17.5 Å². The standard InChI is InChI=1S/C17H30N2O/c1-17(2)9-7-13(8-10-17)18-16(20)15-11-12-5-3-4-6-14(12)19-15/h12-15,19H,3-11H2,1-2H3,(H,18,20). The molecule has 2 aliphatic carbocycles. The van der Waals surface area contributed by atoms with Gasteiger partial charge in [0.1, 0.15) is 0 Å². The van der Waals surface area contributed by atoms with E-state index in [0.717, 1.165) is 25.2 Å². The molecule has 3 nitrogen and oxygen atoms in total. The van der Waals surface area contributed by atoms with Crippen molar-refractivity contribution in [3.8, 4) is 0 Å². The molecule has 0 bridgehead atoms. The molecule has 0 aromatic rings. The van der Waals surface area contributed by atoms with Gasteiger partial charge >= 0.3 is 0 Å². The summed E-state index contributed by atoms with van der Waals surface area (Å²) in [5.74, 6) is 1.02. The van der Waals surface area contributed by atoms with Crippen molar-refractivity contribution in [2.45, 2.75) is 89.8 Å². The Bertz CT molecular complexity index is 342. The average Bonchev–Trinajstić information content (AvgIpc) is 2.85. The molecule has 20 heavy (non-hydrogen) atoms. The Hall–Kier alpha value is -0.570. The van der Waals surface area contributed by atoms with E-state index in [1.165, 1.54) is 38.5 Å². The fourth-order valence-corrected chi connectivity index (χ4v) is 4.37. The Kier molecular flexibility index (Phi) is 4.07. The van der Waals surface area contributed by atoms with Crippen LogP contribution >= 0.6 is 0 Å². The molecule has 3 atom stereocenters. The number of fused-ring (bicyclic) bond motifs is 1. The van der Waals surface area contributed by atoms with Gasteiger partial charge in [0, 0.05) is 12.1 Å². The third kappa shape index (κ3) is 3.19. The van der Waals surface area contributed by atoms with Gasteiger partial charge in [-0.3, -0.25) is 4.79 Å². The van der Waals surface area contributed by atoms with Crippen molar-refractivity contribution < 1.29 is 4.79 Å². The lowest BCUT2D eigenvalue weighted by Gasteiger charge is -2.35. The van der Waals surface area contributed by atoms with E-state index in [1.54, 1.807) is 0 Å². The Morgan fingerprint density at radius 1 is 1.10 bits per heavy atom. The first-order chi connectivity index (χ1) is 9.53. The summed E-state index contributed by atoms with van der Waals surface area (Å²) >= 11 is 0. The van der Waals surface area contributed by atoms with Crippen molar-refractivity contribution in [1.82, 2.24) is 10.6 Å². The zero-order chi connectivity index (χ0) is 14.2. The summed E-state index contributed by atoms with van der Waals surface area (Å²) in [6.07, 6.45) is 11.1. The van der Waals surface area contributed by atoms with E-state index in [4.69, 9.17) is 0 Å². The number of rotatable bonds is 2. The van der Waals surface area contributed by atoms with E-state index < -0.39 is 0 Å². The number of amides is 1. The number of carbonyl (C=O) groups is 1. The van der Waals surface area contributed by atoms with Crippen LogP contribution in [-0.4, -0.2) is 24.0 Å². The molecule has 0 aromatic carbocycles. The molecule has 3 aliphatic rings. The van der Waals surface area contributed by atoms with Gasteiger partial charge in [-0.1, -0.05) is 26.7 Å². The quantitative estimate of drug-likeness (QED) is 0.815. The fraction of sp³-hybridized carbons (Fsp3) is 0.941. The van der Waals surface area contributed by atoms with Crippen molar-refractivity contribution in [3.05, 3.63) is 0 Å². The second-order valence-corrected chi connectivity index (χ2v) is 8.05. The van der Waals surface area contributed by atoms with Crippen LogP contribution in [0.25, 0.3) is 0 Å². The van der Waals surface area contributed by atoms with Gasteiger partial charge in [0.25, 0.3) is 0 Å². The highest BCUT2D eigenvalue weighted by Gasteiger charge is 2.39. The predicted molar refractivity (Wildman–Crippen MR) is 81.5 cm³/mol. The van der Waals surface area contributed by atoms with Gasteiger partial charge < -0.3 is 10.6 Å². The van der Waals surface area contributed by atoms with Gasteiger partial charge in [0.15, 0.2) is 0 Å². The summed E-state index contributed by atoms with van der Waals surface area (Å²) in [5.41, 5.74) is 0.474. The average molecular weight is 278 g/mol. The molecule has 1 aliphatic heterocycles. The van der Waals surface area contributed by atoms with Crippen LogP contribution in [0.3, 0.4) is 0 Å². The number of carbonyl (C=O) groups excluding carboxylic acids is 1. The van der Waals surface area contributed by atoms with Crippen LogP contribution in [0.5, 0.6) is 0 Å². The maximum Gasteiger partial charge on any atom is 0.237 e. The smallest absolute Gasteiger partial charge is 0.237 e. The van der Waals surface area contributed by atoms with E-state index in [9.17, 15) is 4.79 Å². The van der Waals surface area contributed by atoms with Gasteiger partial charge in [0.05, 0.1) is 6.04 Å². The number of nitrogens with one attached hydrogen (secondary N) is 2. The molecule has 3 heteroatoms. The van der Waals surface area contributed by atoms with Crippen LogP contribution in [0.4, 0.5) is 0 Å². The first-order valence-corrected chi connectivity index (χ1v) is 8.60. The van der Waals surface area contributed by atoms with Crippen LogP contribution in [0.1, 0.15) is 71.6 Å². The molecule has 0 aromatic heterocycles. The summed E-state index contributed by atoms with van der Waals surface area (Å²) in [5, 5.41) is 6.89. The van der Waals surface area contributed by atoms with E-state index >= 15 is 0 Å². The summed E-state index contributed by atoms with van der Waals surface area (Å²) in [7, 11) is 0. The topological polar surface area (TPSA) is 41.1 Å². The molecule has 3 fully saturated rings. The minimum Gasteiger partial charge on any atom is -0.352 e. The van der Waals surface area contributed by atoms with Crippen molar-refractivity contribution in [3.63, 3.8) is 0 Å². The molecule has 2 N–H and O–H groups in total. The molecule has 0 radical (unpaired) electrons. The monoisotopic (exact) mass is 278 g/mol. The molecule has 3 rings (SSSR count). The lowest BCUT2D eigenvalue weighted by atomic mass is 9.75. The largest absolute Gasteiger partial charge is 0.352 e. The molecule has 1 heterocycles. The molecule has 1 amide bonds. The minimum atomic E-state index is 0.0815. The SMILES string of the molecule is CC1(C)CCC(NC(=O)C2CC3CCCCC3N2)CC1. The zero-order valence-corrected chi connectivity index (χ0v) is 13.1. The second kappa shape index (κ2) is 5.67. The number of hydrogen-bond acceptors (Lipinski definition) is 2. The van der Waals surface area contributed by atoms with Crippen molar-refractivity contribution in [2.75, 3.05) is 0 Å². The van der Waals surface area contributed by atoms with E-state index in [-0.39, 0.29) is 11.9 Å². The summed E-state index contributed by atoms with van der Waals surface area (Å²) in [4.78, 5) is 12.4. The van der Waals surface area contributed by atoms with Crippen LogP contribution in [0.2, 0.25) is 0 Å². The van der Waals surface area contributed by atoms with Gasteiger partial charge in [0.2, 0.25) is 5.91 Å². The van der Waals surface area contributed by atoms with Gasteiger partial charge in [-0.25, -0.2) is 0 Å². The molecule has 2 saturated carbocycles. The highest BCUT2D eigenvalue weighted by atomic mass is 16.2. The van der Waals surface area contributed by atoms with Crippen LogP contribution in [0.15, 0.2) is 0 Å². The van der Waals surface area contributed by atoms with Crippen LogP contribution in [-0.2, 0) is 4.79 Å². The third-order valence-electron chi connectivity index (χ3n) is 5.86. The maximum atomic E-state index is 12.4. The summed E-state index contributed by atoms with van der Waals surface area (Å²) < 4.78 is 0. The fourth-order valence-electron chi connectivity index (χ4n) is 4.37. The van der Waals surface area contributed by atoms with Crippen LogP contribution in [0, 0.1) is 11.3 Å². The maximum absolute atomic E-state index is 12.4. The van der Waals surface area contributed by atoms with Gasteiger partial charge in [-0.05, 0) is 56.3 Å². The highest BCUT2D eigenvalue weighted by Crippen LogP contribution is 2.36. The van der Waals surface area contributed by atoms with Crippen LogP contribution < -0.4 is 10.6 Å². The van der Waals surface area contributed by atoms with Gasteiger partial charge in [-0.15, -0.1) is 0 Å². The van der Waals surface area contributed by atoms with Gasteiger partial charge in [-0.2, -0.15) is 0 Å². The predicted octanol–water partition coefficient (Wildman–Crippen LogP) is 2.99. The molecule has 1 saturated heterocycles. The normalized spacial score (nSPS) is 37.4. The highest BCUT2D eigenvalue weighted by molar-refractivity contribution is 5.82.